The van der Waals surface area contributed by atoms with Gasteiger partial charge in [0.1, 0.15) is 11.6 Å². The first-order chi connectivity index (χ1) is 14.1. The van der Waals surface area contributed by atoms with Gasteiger partial charge in [0, 0.05) is 32.1 Å². The lowest BCUT2D eigenvalue weighted by Crippen LogP contribution is -2.52. The van der Waals surface area contributed by atoms with Crippen molar-refractivity contribution in [2.24, 2.45) is 5.92 Å². The second kappa shape index (κ2) is 10.3. The van der Waals surface area contributed by atoms with E-state index in [1.54, 1.807) is 24.3 Å². The predicted octanol–water partition coefficient (Wildman–Crippen LogP) is 3.62. The van der Waals surface area contributed by atoms with Crippen LogP contribution in [0.4, 0.5) is 8.78 Å². The minimum absolute atomic E-state index is 0. The van der Waals surface area contributed by atoms with E-state index in [1.807, 2.05) is 4.90 Å². The van der Waals surface area contributed by atoms with Gasteiger partial charge in [-0.05, 0) is 61.3 Å². The number of nitrogens with zero attached hydrogens (tertiary/aromatic N) is 2. The first-order valence-corrected chi connectivity index (χ1v) is 10.4. The van der Waals surface area contributed by atoms with Crippen molar-refractivity contribution in [2.45, 2.75) is 18.9 Å². The van der Waals surface area contributed by atoms with E-state index in [0.717, 1.165) is 50.1 Å². The molecule has 1 amide bonds. The molecule has 1 N–H and O–H groups in total. The minimum Gasteiger partial charge on any atom is -0.340 e. The fourth-order valence-corrected chi connectivity index (χ4v) is 4.43. The average molecular weight is 436 g/mol. The van der Waals surface area contributed by atoms with Gasteiger partial charge in [-0.25, -0.2) is 8.78 Å². The molecule has 162 valence electrons. The number of benzene rings is 2. The van der Waals surface area contributed by atoms with Gasteiger partial charge in [0.25, 0.3) is 0 Å². The third-order valence-electron chi connectivity index (χ3n) is 6.05. The molecule has 2 fully saturated rings. The monoisotopic (exact) mass is 435 g/mol. The van der Waals surface area contributed by atoms with Crippen molar-refractivity contribution in [1.29, 1.82) is 0 Å². The zero-order chi connectivity index (χ0) is 20.2. The summed E-state index contributed by atoms with van der Waals surface area (Å²) in [7, 11) is 0. The molecule has 4 rings (SSSR count). The molecule has 0 unspecified atom stereocenters. The van der Waals surface area contributed by atoms with Crippen LogP contribution in [-0.2, 0) is 4.79 Å². The van der Waals surface area contributed by atoms with E-state index in [4.69, 9.17) is 0 Å². The first-order valence-electron chi connectivity index (χ1n) is 10.4. The number of hydrogen-bond donors (Lipinski definition) is 1. The van der Waals surface area contributed by atoms with E-state index in [-0.39, 0.29) is 41.9 Å². The van der Waals surface area contributed by atoms with Crippen LogP contribution in [0.3, 0.4) is 0 Å². The number of carbonyl (C=O) groups excluding carboxylic acids is 1. The third-order valence-corrected chi connectivity index (χ3v) is 6.05. The smallest absolute Gasteiger partial charge is 0.225 e. The maximum Gasteiger partial charge on any atom is 0.225 e. The number of nitrogens with one attached hydrogen (secondary N) is 1. The summed E-state index contributed by atoms with van der Waals surface area (Å²) in [5, 5.41) is 3.31. The summed E-state index contributed by atoms with van der Waals surface area (Å²) in [6.07, 6.45) is 1.82. The molecule has 0 radical (unpaired) electrons. The molecule has 0 spiro atoms. The Hall–Kier alpha value is -2.02. The number of carbonyl (C=O) groups is 1. The van der Waals surface area contributed by atoms with Crippen LogP contribution in [0, 0.1) is 17.6 Å². The molecule has 7 heteroatoms. The number of rotatable bonds is 4. The van der Waals surface area contributed by atoms with Gasteiger partial charge in [0.15, 0.2) is 0 Å². The topological polar surface area (TPSA) is 35.6 Å². The largest absolute Gasteiger partial charge is 0.340 e. The molecule has 2 aromatic rings. The normalized spacial score (nSPS) is 18.3. The van der Waals surface area contributed by atoms with Crippen LogP contribution >= 0.6 is 12.4 Å². The van der Waals surface area contributed by atoms with Crippen LogP contribution in [0.5, 0.6) is 0 Å². The van der Waals surface area contributed by atoms with E-state index in [1.165, 1.54) is 24.3 Å². The summed E-state index contributed by atoms with van der Waals surface area (Å²) in [5.74, 6) is -0.146. The molecule has 4 nitrogen and oxygen atoms in total. The lowest BCUT2D eigenvalue weighted by molar-refractivity contribution is -0.138. The molecule has 2 aliphatic heterocycles. The highest BCUT2D eigenvalue weighted by Gasteiger charge is 2.31. The van der Waals surface area contributed by atoms with Crippen molar-refractivity contribution in [2.75, 3.05) is 39.3 Å². The van der Waals surface area contributed by atoms with E-state index in [2.05, 4.69) is 10.2 Å². The first kappa shape index (κ1) is 22.7. The van der Waals surface area contributed by atoms with Crippen molar-refractivity contribution in [3.8, 4) is 0 Å². The number of hydrogen-bond acceptors (Lipinski definition) is 3. The Balaban J connectivity index is 0.00000256. The van der Waals surface area contributed by atoms with E-state index >= 15 is 0 Å². The van der Waals surface area contributed by atoms with Gasteiger partial charge in [-0.15, -0.1) is 12.4 Å². The van der Waals surface area contributed by atoms with Gasteiger partial charge in [0.2, 0.25) is 5.91 Å². The maximum absolute atomic E-state index is 13.5. The fraction of sp³-hybridized carbons (Fsp3) is 0.435. The highest BCUT2D eigenvalue weighted by Crippen LogP contribution is 2.30. The molecular formula is C23H28ClF2N3O. The van der Waals surface area contributed by atoms with Crippen molar-refractivity contribution in [3.63, 3.8) is 0 Å². The molecule has 2 aromatic carbocycles. The third kappa shape index (κ3) is 5.17. The molecule has 30 heavy (non-hydrogen) atoms. The van der Waals surface area contributed by atoms with Crippen LogP contribution in [0.2, 0.25) is 0 Å². The summed E-state index contributed by atoms with van der Waals surface area (Å²) in [4.78, 5) is 17.1. The zero-order valence-electron chi connectivity index (χ0n) is 16.9. The SMILES string of the molecule is Cl.O=C(C1CCNCC1)N1CCN(C(c2ccc(F)cc2)c2ccc(F)cc2)CC1. The molecule has 0 bridgehead atoms. The maximum atomic E-state index is 13.5. The van der Waals surface area contributed by atoms with E-state index in [0.29, 0.717) is 13.1 Å². The van der Waals surface area contributed by atoms with Gasteiger partial charge in [-0.3, -0.25) is 9.69 Å². The van der Waals surface area contributed by atoms with Crippen molar-refractivity contribution < 1.29 is 13.6 Å². The highest BCUT2D eigenvalue weighted by molar-refractivity contribution is 5.85. The highest BCUT2D eigenvalue weighted by atomic mass is 35.5. The Kier molecular flexibility index (Phi) is 7.81. The lowest BCUT2D eigenvalue weighted by Gasteiger charge is -2.41. The van der Waals surface area contributed by atoms with Gasteiger partial charge in [0.05, 0.1) is 6.04 Å². The second-order valence-electron chi connectivity index (χ2n) is 7.89. The summed E-state index contributed by atoms with van der Waals surface area (Å²) in [5.41, 5.74) is 1.94. The zero-order valence-corrected chi connectivity index (χ0v) is 17.7. The Bertz CT molecular complexity index is 772. The van der Waals surface area contributed by atoms with Gasteiger partial charge >= 0.3 is 0 Å². The van der Waals surface area contributed by atoms with Crippen molar-refractivity contribution in [1.82, 2.24) is 15.1 Å². The van der Waals surface area contributed by atoms with Crippen LogP contribution in [0.1, 0.15) is 30.0 Å². The minimum atomic E-state index is -0.274. The summed E-state index contributed by atoms with van der Waals surface area (Å²) >= 11 is 0. The number of piperidine rings is 1. The average Bonchev–Trinajstić information content (AvgIpc) is 2.77. The van der Waals surface area contributed by atoms with Gasteiger partial charge in [-0.1, -0.05) is 24.3 Å². The lowest BCUT2D eigenvalue weighted by atomic mass is 9.95. The number of piperazine rings is 1. The summed E-state index contributed by atoms with van der Waals surface area (Å²) in [6.45, 7) is 4.65. The Morgan fingerprint density at radius 1 is 0.833 bits per heavy atom. The molecule has 0 saturated carbocycles. The molecule has 0 aliphatic carbocycles. The predicted molar refractivity (Wildman–Crippen MR) is 116 cm³/mol. The standard InChI is InChI=1S/C23H27F2N3O.ClH/c24-20-5-1-17(2-6-20)22(18-3-7-21(25)8-4-18)27-13-15-28(16-14-27)23(29)19-9-11-26-12-10-19;/h1-8,19,22,26H,9-16H2;1H. The van der Waals surface area contributed by atoms with Crippen LogP contribution in [-0.4, -0.2) is 55.0 Å². The van der Waals surface area contributed by atoms with Crippen molar-refractivity contribution >= 4 is 18.3 Å². The van der Waals surface area contributed by atoms with Crippen LogP contribution in [0.15, 0.2) is 48.5 Å². The molecule has 0 atom stereocenters. The molecule has 2 saturated heterocycles. The fourth-order valence-electron chi connectivity index (χ4n) is 4.43. The molecule has 0 aromatic heterocycles. The number of amides is 1. The summed E-state index contributed by atoms with van der Waals surface area (Å²) in [6, 6.07) is 12.9. The number of halogens is 3. The van der Waals surface area contributed by atoms with E-state index in [9.17, 15) is 13.6 Å². The van der Waals surface area contributed by atoms with Crippen molar-refractivity contribution in [3.05, 3.63) is 71.3 Å². The van der Waals surface area contributed by atoms with Gasteiger partial charge in [-0.2, -0.15) is 0 Å². The van der Waals surface area contributed by atoms with E-state index < -0.39 is 0 Å². The quantitative estimate of drug-likeness (QED) is 0.796. The second-order valence-corrected chi connectivity index (χ2v) is 7.89. The molecular weight excluding hydrogens is 408 g/mol. The Morgan fingerprint density at radius 3 is 1.77 bits per heavy atom. The Labute approximate surface area is 182 Å². The molecule has 2 heterocycles. The molecule has 2 aliphatic rings. The van der Waals surface area contributed by atoms with Crippen LogP contribution in [0.25, 0.3) is 0 Å². The van der Waals surface area contributed by atoms with Gasteiger partial charge < -0.3 is 10.2 Å². The summed E-state index contributed by atoms with van der Waals surface area (Å²) < 4.78 is 26.9. The Morgan fingerprint density at radius 2 is 1.30 bits per heavy atom. The van der Waals surface area contributed by atoms with Crippen LogP contribution < -0.4 is 5.32 Å².